The van der Waals surface area contributed by atoms with E-state index in [0.717, 1.165) is 46.0 Å². The minimum absolute atomic E-state index is 0.0261. The summed E-state index contributed by atoms with van der Waals surface area (Å²) in [6.07, 6.45) is 2.27. The van der Waals surface area contributed by atoms with Crippen molar-refractivity contribution in [3.63, 3.8) is 0 Å². The number of ether oxygens (including phenoxy) is 1. The molecular formula is C26H28BrF2NO2. The van der Waals surface area contributed by atoms with E-state index in [1.807, 2.05) is 36.4 Å². The highest BCUT2D eigenvalue weighted by Crippen LogP contribution is 2.39. The lowest BCUT2D eigenvalue weighted by Crippen LogP contribution is -2.48. The van der Waals surface area contributed by atoms with Gasteiger partial charge in [-0.1, -0.05) is 46.3 Å². The fraction of sp³-hybridized carbons (Fsp3) is 0.423. The van der Waals surface area contributed by atoms with E-state index in [0.29, 0.717) is 37.2 Å². The molecule has 6 heteroatoms. The minimum Gasteiger partial charge on any atom is -0.465 e. The van der Waals surface area contributed by atoms with E-state index in [1.54, 1.807) is 6.07 Å². The largest absolute Gasteiger partial charge is 0.465 e. The van der Waals surface area contributed by atoms with E-state index >= 15 is 4.39 Å². The predicted octanol–water partition coefficient (Wildman–Crippen LogP) is 6.27. The van der Waals surface area contributed by atoms with Crippen LogP contribution in [-0.4, -0.2) is 44.3 Å². The van der Waals surface area contributed by atoms with Crippen molar-refractivity contribution < 1.29 is 18.3 Å². The summed E-state index contributed by atoms with van der Waals surface area (Å²) in [4.78, 5) is 14.1. The molecule has 1 fully saturated rings. The number of allylic oxidation sites excluding steroid dienone is 1. The summed E-state index contributed by atoms with van der Waals surface area (Å²) in [5.74, 6) is -0.360. The lowest BCUT2D eigenvalue weighted by Gasteiger charge is -2.41. The molecule has 0 N–H and O–H groups in total. The van der Waals surface area contributed by atoms with Crippen molar-refractivity contribution >= 4 is 27.5 Å². The number of rotatable bonds is 7. The summed E-state index contributed by atoms with van der Waals surface area (Å²) in [5.41, 5.74) is 5.58. The molecule has 0 amide bonds. The fourth-order valence-electron chi connectivity index (χ4n) is 4.67. The van der Waals surface area contributed by atoms with Crippen molar-refractivity contribution in [2.75, 3.05) is 33.4 Å². The highest BCUT2D eigenvalue weighted by atomic mass is 79.9. The molecule has 0 bridgehead atoms. The maximum absolute atomic E-state index is 15.0. The lowest BCUT2D eigenvalue weighted by atomic mass is 9.88. The van der Waals surface area contributed by atoms with Gasteiger partial charge in [0, 0.05) is 30.0 Å². The molecule has 0 aromatic heterocycles. The Morgan fingerprint density at radius 2 is 1.94 bits per heavy atom. The average molecular weight is 504 g/mol. The molecule has 0 spiro atoms. The number of fused-ring (bicyclic) bond motifs is 1. The molecule has 4 rings (SSSR count). The zero-order chi connectivity index (χ0) is 22.7. The van der Waals surface area contributed by atoms with Gasteiger partial charge in [-0.3, -0.25) is 4.39 Å². The molecule has 1 unspecified atom stereocenters. The smallest absolute Gasteiger partial charge is 0.337 e. The number of methoxy groups -OCH3 is 1. The SMILES string of the molecule is COC(=O)c1ccc2c(c1)CCCC(Br)=C2c1ccc(C(F)C2CN(CCCF)C2)cc1. The van der Waals surface area contributed by atoms with Crippen LogP contribution in [0.1, 0.15) is 58.0 Å². The second kappa shape index (κ2) is 10.3. The van der Waals surface area contributed by atoms with Gasteiger partial charge in [-0.15, -0.1) is 0 Å². The third-order valence-corrected chi connectivity index (χ3v) is 7.23. The monoisotopic (exact) mass is 503 g/mol. The van der Waals surface area contributed by atoms with Crippen molar-refractivity contribution in [1.82, 2.24) is 4.90 Å². The molecular weight excluding hydrogens is 476 g/mol. The van der Waals surface area contributed by atoms with Crippen LogP contribution in [0.4, 0.5) is 8.78 Å². The Kier molecular flexibility index (Phi) is 7.41. The van der Waals surface area contributed by atoms with E-state index in [-0.39, 0.29) is 18.6 Å². The van der Waals surface area contributed by atoms with Gasteiger partial charge in [0.25, 0.3) is 0 Å². The number of hydrogen-bond donors (Lipinski definition) is 0. The highest BCUT2D eigenvalue weighted by molar-refractivity contribution is 9.11. The molecule has 1 heterocycles. The van der Waals surface area contributed by atoms with Crippen molar-refractivity contribution in [3.8, 4) is 0 Å². The normalized spacial score (nSPS) is 18.0. The number of halogens is 3. The standard InChI is InChI=1S/C26H28BrF2NO2/c1-32-26(31)20-10-11-22-19(14-20)4-2-5-23(27)24(22)17-6-8-18(9-7-17)25(29)21-15-30(16-21)13-3-12-28/h6-11,14,21,25H,2-5,12-13,15-16H2,1H3. The van der Waals surface area contributed by atoms with Crippen molar-refractivity contribution in [1.29, 1.82) is 0 Å². The van der Waals surface area contributed by atoms with Crippen LogP contribution in [0.25, 0.3) is 5.57 Å². The first-order valence-electron chi connectivity index (χ1n) is 11.1. The molecule has 1 saturated heterocycles. The highest BCUT2D eigenvalue weighted by Gasteiger charge is 2.34. The number of alkyl halides is 2. The van der Waals surface area contributed by atoms with E-state index in [2.05, 4.69) is 20.8 Å². The number of hydrogen-bond acceptors (Lipinski definition) is 3. The Balaban J connectivity index is 1.54. The van der Waals surface area contributed by atoms with Crippen molar-refractivity contribution in [2.24, 2.45) is 5.92 Å². The third kappa shape index (κ3) is 4.81. The molecule has 2 aliphatic rings. The summed E-state index contributed by atoms with van der Waals surface area (Å²) >= 11 is 3.77. The first kappa shape index (κ1) is 23.1. The molecule has 3 nitrogen and oxygen atoms in total. The zero-order valence-electron chi connectivity index (χ0n) is 18.3. The predicted molar refractivity (Wildman–Crippen MR) is 126 cm³/mol. The van der Waals surface area contributed by atoms with Crippen LogP contribution in [0.3, 0.4) is 0 Å². The molecule has 170 valence electrons. The number of aryl methyl sites for hydroxylation is 1. The van der Waals surface area contributed by atoms with Crippen LogP contribution in [0.5, 0.6) is 0 Å². The van der Waals surface area contributed by atoms with Gasteiger partial charge in [0.2, 0.25) is 0 Å². The summed E-state index contributed by atoms with van der Waals surface area (Å²) in [5, 5.41) is 0. The topological polar surface area (TPSA) is 29.5 Å². The quantitative estimate of drug-likeness (QED) is 0.417. The van der Waals surface area contributed by atoms with E-state index < -0.39 is 6.17 Å². The minimum atomic E-state index is -1.01. The molecule has 32 heavy (non-hydrogen) atoms. The number of benzene rings is 2. The molecule has 1 aliphatic heterocycles. The number of likely N-dealkylation sites (tertiary alicyclic amines) is 1. The second-order valence-corrected chi connectivity index (χ2v) is 9.54. The average Bonchev–Trinajstić information content (AvgIpc) is 2.95. The van der Waals surface area contributed by atoms with Crippen molar-refractivity contribution in [2.45, 2.75) is 31.9 Å². The van der Waals surface area contributed by atoms with Gasteiger partial charge in [-0.05, 0) is 65.6 Å². The zero-order valence-corrected chi connectivity index (χ0v) is 19.8. The van der Waals surface area contributed by atoms with Crippen LogP contribution in [0, 0.1) is 5.92 Å². The summed E-state index contributed by atoms with van der Waals surface area (Å²) < 4.78 is 33.3. The number of esters is 1. The number of carbonyl (C=O) groups excluding carboxylic acids is 1. The third-order valence-electron chi connectivity index (χ3n) is 6.43. The van der Waals surface area contributed by atoms with Gasteiger partial charge in [-0.2, -0.15) is 0 Å². The number of carbonyl (C=O) groups is 1. The first-order valence-corrected chi connectivity index (χ1v) is 11.9. The Morgan fingerprint density at radius 3 is 2.62 bits per heavy atom. The van der Waals surface area contributed by atoms with Gasteiger partial charge >= 0.3 is 5.97 Å². The van der Waals surface area contributed by atoms with Gasteiger partial charge < -0.3 is 9.64 Å². The van der Waals surface area contributed by atoms with Crippen LogP contribution >= 0.6 is 15.9 Å². The van der Waals surface area contributed by atoms with Gasteiger partial charge in [-0.25, -0.2) is 9.18 Å². The summed E-state index contributed by atoms with van der Waals surface area (Å²) in [6.45, 7) is 1.77. The van der Waals surface area contributed by atoms with Gasteiger partial charge in [0.1, 0.15) is 6.17 Å². The fourth-order valence-corrected chi connectivity index (χ4v) is 5.40. The van der Waals surface area contributed by atoms with Crippen molar-refractivity contribution in [3.05, 3.63) is 74.8 Å². The van der Waals surface area contributed by atoms with Crippen LogP contribution in [-0.2, 0) is 11.2 Å². The Bertz CT molecular complexity index is 999. The molecule has 1 atom stereocenters. The van der Waals surface area contributed by atoms with Crippen LogP contribution < -0.4 is 0 Å². The maximum Gasteiger partial charge on any atom is 0.337 e. The Morgan fingerprint density at radius 1 is 1.19 bits per heavy atom. The van der Waals surface area contributed by atoms with Crippen LogP contribution in [0.15, 0.2) is 46.9 Å². The Hall–Kier alpha value is -2.05. The van der Waals surface area contributed by atoms with Gasteiger partial charge in [0.05, 0.1) is 19.3 Å². The summed E-state index contributed by atoms with van der Waals surface area (Å²) in [7, 11) is 1.39. The van der Waals surface area contributed by atoms with Crippen LogP contribution in [0.2, 0.25) is 0 Å². The lowest BCUT2D eigenvalue weighted by molar-refractivity contribution is 0.0364. The molecule has 1 aliphatic carbocycles. The van der Waals surface area contributed by atoms with Gasteiger partial charge in [0.15, 0.2) is 0 Å². The second-order valence-electron chi connectivity index (χ2n) is 8.58. The van der Waals surface area contributed by atoms with E-state index in [4.69, 9.17) is 4.74 Å². The molecule has 2 aromatic carbocycles. The molecule has 0 saturated carbocycles. The Labute approximate surface area is 196 Å². The molecule has 0 radical (unpaired) electrons. The summed E-state index contributed by atoms with van der Waals surface area (Å²) in [6, 6.07) is 13.4. The van der Waals surface area contributed by atoms with E-state index in [1.165, 1.54) is 7.11 Å². The number of nitrogens with zero attached hydrogens (tertiary/aromatic N) is 1. The first-order chi connectivity index (χ1) is 15.5. The van der Waals surface area contributed by atoms with E-state index in [9.17, 15) is 9.18 Å². The molecule has 2 aromatic rings. The maximum atomic E-state index is 15.0.